The second-order valence-corrected chi connectivity index (χ2v) is 4.35. The number of fused-ring (bicyclic) bond motifs is 1. The summed E-state index contributed by atoms with van der Waals surface area (Å²) in [6, 6.07) is 0. The molecule has 2 aromatic rings. The second kappa shape index (κ2) is 5.77. The predicted octanol–water partition coefficient (Wildman–Crippen LogP) is 0.520. The van der Waals surface area contributed by atoms with Crippen molar-refractivity contribution in [2.75, 3.05) is 13.1 Å². The topological polar surface area (TPSA) is 64.7 Å². The van der Waals surface area contributed by atoms with Crippen molar-refractivity contribution < 1.29 is 0 Å². The summed E-state index contributed by atoms with van der Waals surface area (Å²) < 4.78 is 3.24. The van der Waals surface area contributed by atoms with E-state index in [1.165, 1.54) is 6.42 Å². The number of nitrogens with zero attached hydrogens (tertiary/aromatic N) is 4. The molecule has 0 amide bonds. The molecule has 6 heteroatoms. The molecule has 0 unspecified atom stereocenters. The van der Waals surface area contributed by atoms with Crippen molar-refractivity contribution >= 4 is 11.0 Å². The highest BCUT2D eigenvalue weighted by molar-refractivity contribution is 5.72. The Kier molecular flexibility index (Phi) is 4.09. The van der Waals surface area contributed by atoms with Gasteiger partial charge in [-0.25, -0.2) is 4.98 Å². The van der Waals surface area contributed by atoms with Crippen LogP contribution in [0.25, 0.3) is 11.0 Å². The van der Waals surface area contributed by atoms with E-state index in [1.54, 1.807) is 28.8 Å². The lowest BCUT2D eigenvalue weighted by Gasteiger charge is -2.06. The predicted molar refractivity (Wildman–Crippen MR) is 70.5 cm³/mol. The standard InChI is InChI=1S/C12H19N5O/c1-3-4-5-13-6-7-17-9-14-11-10(12(17)18)8-15-16(11)2/h8-9,13H,3-7H2,1-2H3. The largest absolute Gasteiger partial charge is 0.315 e. The Morgan fingerprint density at radius 2 is 2.22 bits per heavy atom. The van der Waals surface area contributed by atoms with Gasteiger partial charge in [-0.05, 0) is 13.0 Å². The lowest BCUT2D eigenvalue weighted by atomic mass is 10.3. The summed E-state index contributed by atoms with van der Waals surface area (Å²) in [5.74, 6) is 0. The van der Waals surface area contributed by atoms with Gasteiger partial charge in [0.25, 0.3) is 5.56 Å². The van der Waals surface area contributed by atoms with Crippen molar-refractivity contribution in [2.45, 2.75) is 26.3 Å². The first-order valence-electron chi connectivity index (χ1n) is 6.32. The number of hydrogen-bond donors (Lipinski definition) is 1. The van der Waals surface area contributed by atoms with Crippen molar-refractivity contribution in [3.8, 4) is 0 Å². The van der Waals surface area contributed by atoms with E-state index in [9.17, 15) is 4.79 Å². The van der Waals surface area contributed by atoms with Gasteiger partial charge in [-0.1, -0.05) is 13.3 Å². The van der Waals surface area contributed by atoms with E-state index in [0.29, 0.717) is 17.6 Å². The summed E-state index contributed by atoms with van der Waals surface area (Å²) in [6.07, 6.45) is 5.50. The molecule has 6 nitrogen and oxygen atoms in total. The Balaban J connectivity index is 2.05. The average Bonchev–Trinajstić information content (AvgIpc) is 2.74. The summed E-state index contributed by atoms with van der Waals surface area (Å²) in [5.41, 5.74) is 0.612. The maximum absolute atomic E-state index is 12.1. The van der Waals surface area contributed by atoms with Crippen LogP contribution < -0.4 is 10.9 Å². The van der Waals surface area contributed by atoms with Gasteiger partial charge >= 0.3 is 0 Å². The number of aryl methyl sites for hydroxylation is 1. The molecular weight excluding hydrogens is 230 g/mol. The van der Waals surface area contributed by atoms with Gasteiger partial charge in [-0.2, -0.15) is 5.10 Å². The summed E-state index contributed by atoms with van der Waals surface area (Å²) in [7, 11) is 1.78. The SMILES string of the molecule is CCCCNCCn1cnc2c(cnn2C)c1=O. The Morgan fingerprint density at radius 1 is 1.39 bits per heavy atom. The van der Waals surface area contributed by atoms with Crippen molar-refractivity contribution in [3.63, 3.8) is 0 Å². The second-order valence-electron chi connectivity index (χ2n) is 4.35. The fourth-order valence-corrected chi connectivity index (χ4v) is 1.85. The molecule has 2 aromatic heterocycles. The van der Waals surface area contributed by atoms with Crippen LogP contribution in [0, 0.1) is 0 Å². The maximum atomic E-state index is 12.1. The van der Waals surface area contributed by atoms with Crippen molar-refractivity contribution in [1.29, 1.82) is 0 Å². The normalized spacial score (nSPS) is 11.2. The Labute approximate surface area is 106 Å². The third kappa shape index (κ3) is 2.59. The van der Waals surface area contributed by atoms with E-state index in [0.717, 1.165) is 19.5 Å². The highest BCUT2D eigenvalue weighted by Crippen LogP contribution is 2.02. The zero-order valence-corrected chi connectivity index (χ0v) is 10.9. The Morgan fingerprint density at radius 3 is 3.00 bits per heavy atom. The maximum Gasteiger partial charge on any atom is 0.264 e. The third-order valence-corrected chi connectivity index (χ3v) is 2.95. The van der Waals surface area contributed by atoms with Gasteiger partial charge in [0.2, 0.25) is 0 Å². The van der Waals surface area contributed by atoms with Crippen LogP contribution in [-0.2, 0) is 13.6 Å². The van der Waals surface area contributed by atoms with Gasteiger partial charge in [0.05, 0.1) is 6.20 Å². The van der Waals surface area contributed by atoms with E-state index < -0.39 is 0 Å². The van der Waals surface area contributed by atoms with Gasteiger partial charge in [0.1, 0.15) is 11.7 Å². The highest BCUT2D eigenvalue weighted by atomic mass is 16.1. The van der Waals surface area contributed by atoms with Gasteiger partial charge in [-0.3, -0.25) is 14.0 Å². The smallest absolute Gasteiger partial charge is 0.264 e. The minimum Gasteiger partial charge on any atom is -0.315 e. The Bertz CT molecular complexity index is 571. The van der Waals surface area contributed by atoms with E-state index in [2.05, 4.69) is 22.3 Å². The average molecular weight is 249 g/mol. The van der Waals surface area contributed by atoms with E-state index in [-0.39, 0.29) is 5.56 Å². The molecule has 0 aliphatic carbocycles. The molecule has 18 heavy (non-hydrogen) atoms. The monoisotopic (exact) mass is 249 g/mol. The molecule has 0 radical (unpaired) electrons. The number of nitrogens with one attached hydrogen (secondary N) is 1. The first-order chi connectivity index (χ1) is 8.74. The van der Waals surface area contributed by atoms with Crippen LogP contribution in [0.2, 0.25) is 0 Å². The van der Waals surface area contributed by atoms with Crippen LogP contribution in [0.3, 0.4) is 0 Å². The first kappa shape index (κ1) is 12.8. The van der Waals surface area contributed by atoms with E-state index in [1.807, 2.05) is 0 Å². The quantitative estimate of drug-likeness (QED) is 0.758. The molecule has 0 saturated heterocycles. The number of rotatable bonds is 6. The van der Waals surface area contributed by atoms with Crippen LogP contribution in [0.1, 0.15) is 19.8 Å². The molecular formula is C12H19N5O. The molecule has 0 aromatic carbocycles. The molecule has 0 spiro atoms. The Hall–Kier alpha value is -1.69. The molecule has 2 heterocycles. The zero-order chi connectivity index (χ0) is 13.0. The molecule has 0 atom stereocenters. The molecule has 0 aliphatic heterocycles. The molecule has 2 rings (SSSR count). The van der Waals surface area contributed by atoms with Gasteiger partial charge < -0.3 is 5.32 Å². The molecule has 0 fully saturated rings. The minimum absolute atomic E-state index is 0.0228. The van der Waals surface area contributed by atoms with Crippen molar-refractivity contribution in [3.05, 3.63) is 22.9 Å². The molecule has 0 saturated carbocycles. The number of aromatic nitrogens is 4. The van der Waals surface area contributed by atoms with Crippen LogP contribution in [0.5, 0.6) is 0 Å². The molecule has 1 N–H and O–H groups in total. The van der Waals surface area contributed by atoms with Crippen molar-refractivity contribution in [1.82, 2.24) is 24.6 Å². The minimum atomic E-state index is -0.0228. The summed E-state index contributed by atoms with van der Waals surface area (Å²) >= 11 is 0. The van der Waals surface area contributed by atoms with Crippen LogP contribution in [0.4, 0.5) is 0 Å². The lowest BCUT2D eigenvalue weighted by molar-refractivity contribution is 0.567. The molecule has 0 aliphatic rings. The van der Waals surface area contributed by atoms with E-state index >= 15 is 0 Å². The number of hydrogen-bond acceptors (Lipinski definition) is 4. The summed E-state index contributed by atoms with van der Waals surface area (Å²) in [6.45, 7) is 4.58. The molecule has 0 bridgehead atoms. The summed E-state index contributed by atoms with van der Waals surface area (Å²) in [4.78, 5) is 16.4. The number of unbranched alkanes of at least 4 members (excludes halogenated alkanes) is 1. The highest BCUT2D eigenvalue weighted by Gasteiger charge is 2.07. The van der Waals surface area contributed by atoms with Gasteiger partial charge in [-0.15, -0.1) is 0 Å². The third-order valence-electron chi connectivity index (χ3n) is 2.95. The zero-order valence-electron chi connectivity index (χ0n) is 10.9. The van der Waals surface area contributed by atoms with Crippen LogP contribution >= 0.6 is 0 Å². The fraction of sp³-hybridized carbons (Fsp3) is 0.583. The van der Waals surface area contributed by atoms with Crippen molar-refractivity contribution in [2.24, 2.45) is 7.05 Å². The van der Waals surface area contributed by atoms with Crippen LogP contribution in [-0.4, -0.2) is 32.4 Å². The first-order valence-corrected chi connectivity index (χ1v) is 6.32. The van der Waals surface area contributed by atoms with E-state index in [4.69, 9.17) is 0 Å². The fourth-order valence-electron chi connectivity index (χ4n) is 1.85. The lowest BCUT2D eigenvalue weighted by Crippen LogP contribution is -2.27. The molecule has 98 valence electrons. The summed E-state index contributed by atoms with van der Waals surface area (Å²) in [5, 5.41) is 7.93. The van der Waals surface area contributed by atoms with Gasteiger partial charge in [0, 0.05) is 20.1 Å². The van der Waals surface area contributed by atoms with Crippen LogP contribution in [0.15, 0.2) is 17.3 Å². The van der Waals surface area contributed by atoms with Gasteiger partial charge in [0.15, 0.2) is 5.65 Å².